The summed E-state index contributed by atoms with van der Waals surface area (Å²) in [4.78, 5) is 27.9. The predicted octanol–water partition coefficient (Wildman–Crippen LogP) is 4.17. The Morgan fingerprint density at radius 3 is 2.67 bits per heavy atom. The molecule has 2 atom stereocenters. The number of nitrogens with one attached hydrogen (secondary N) is 2. The largest absolute Gasteiger partial charge is 0.496 e. The molecule has 4 N–H and O–H groups in total. The van der Waals surface area contributed by atoms with Gasteiger partial charge in [0.1, 0.15) is 11.9 Å². The molecule has 1 unspecified atom stereocenters. The van der Waals surface area contributed by atoms with Gasteiger partial charge in [-0.25, -0.2) is 14.6 Å². The molecule has 1 aliphatic heterocycles. The maximum atomic E-state index is 12.6. The second-order valence-corrected chi connectivity index (χ2v) is 7.47. The van der Waals surface area contributed by atoms with E-state index in [9.17, 15) is 9.59 Å². The molecule has 0 saturated carbocycles. The molecular formula is C23H24N4O6. The molecule has 3 amide bonds. The maximum absolute atomic E-state index is 12.6. The SMILES string of the molecule is COc1cc(NC(=O)Nc2cccc(C(OC(N)=O)[C@H]3CCOC3)c2)ccc1-c1cnco1. The smallest absolute Gasteiger partial charge is 0.405 e. The van der Waals surface area contributed by atoms with Crippen LogP contribution < -0.4 is 21.1 Å². The van der Waals surface area contributed by atoms with E-state index in [0.717, 1.165) is 12.0 Å². The van der Waals surface area contributed by atoms with Gasteiger partial charge in [0, 0.05) is 30.0 Å². The number of oxazole rings is 1. The van der Waals surface area contributed by atoms with Crippen molar-refractivity contribution < 1.29 is 28.2 Å². The molecule has 10 nitrogen and oxygen atoms in total. The summed E-state index contributed by atoms with van der Waals surface area (Å²) < 4.78 is 21.5. The fourth-order valence-corrected chi connectivity index (χ4v) is 3.76. The second-order valence-electron chi connectivity index (χ2n) is 7.47. The Morgan fingerprint density at radius 1 is 1.18 bits per heavy atom. The van der Waals surface area contributed by atoms with Crippen molar-refractivity contribution in [1.29, 1.82) is 0 Å². The second kappa shape index (κ2) is 10.0. The van der Waals surface area contributed by atoms with Crippen LogP contribution in [0.3, 0.4) is 0 Å². The molecule has 2 aromatic carbocycles. The number of rotatable bonds is 7. The summed E-state index contributed by atoms with van der Waals surface area (Å²) in [5.41, 5.74) is 7.77. The lowest BCUT2D eigenvalue weighted by atomic mass is 9.94. The Balaban J connectivity index is 1.46. The van der Waals surface area contributed by atoms with E-state index in [0.29, 0.717) is 41.7 Å². The van der Waals surface area contributed by atoms with Gasteiger partial charge in [0.2, 0.25) is 0 Å². The Labute approximate surface area is 190 Å². The Morgan fingerprint density at radius 2 is 2.00 bits per heavy atom. The van der Waals surface area contributed by atoms with Crippen molar-refractivity contribution in [3.8, 4) is 17.1 Å². The summed E-state index contributed by atoms with van der Waals surface area (Å²) in [5, 5.41) is 5.56. The van der Waals surface area contributed by atoms with Gasteiger partial charge in [0.05, 0.1) is 25.5 Å². The molecule has 0 radical (unpaired) electrons. The van der Waals surface area contributed by atoms with Gasteiger partial charge in [-0.3, -0.25) is 0 Å². The van der Waals surface area contributed by atoms with Crippen LogP contribution >= 0.6 is 0 Å². The first-order valence-corrected chi connectivity index (χ1v) is 10.3. The summed E-state index contributed by atoms with van der Waals surface area (Å²) in [5.74, 6) is 1.08. The number of nitrogens with zero attached hydrogens (tertiary/aromatic N) is 1. The van der Waals surface area contributed by atoms with Crippen molar-refractivity contribution in [2.75, 3.05) is 31.0 Å². The van der Waals surface area contributed by atoms with E-state index in [1.54, 1.807) is 42.6 Å². The van der Waals surface area contributed by atoms with Gasteiger partial charge in [-0.05, 0) is 36.2 Å². The van der Waals surface area contributed by atoms with Crippen LogP contribution in [0, 0.1) is 5.92 Å². The van der Waals surface area contributed by atoms with Gasteiger partial charge in [-0.2, -0.15) is 0 Å². The predicted molar refractivity (Wildman–Crippen MR) is 120 cm³/mol. The van der Waals surface area contributed by atoms with Crippen LogP contribution in [0.5, 0.6) is 5.75 Å². The molecular weight excluding hydrogens is 428 g/mol. The third-order valence-electron chi connectivity index (χ3n) is 5.27. The minimum Gasteiger partial charge on any atom is -0.496 e. The van der Waals surface area contributed by atoms with Gasteiger partial charge in [-0.15, -0.1) is 0 Å². The van der Waals surface area contributed by atoms with Gasteiger partial charge >= 0.3 is 12.1 Å². The minimum absolute atomic E-state index is 0.00285. The number of hydrogen-bond donors (Lipinski definition) is 3. The van der Waals surface area contributed by atoms with E-state index in [1.807, 2.05) is 6.07 Å². The van der Waals surface area contributed by atoms with Crippen LogP contribution in [-0.4, -0.2) is 37.4 Å². The highest BCUT2D eigenvalue weighted by Gasteiger charge is 2.30. The van der Waals surface area contributed by atoms with Gasteiger partial charge in [0.15, 0.2) is 12.2 Å². The first-order chi connectivity index (χ1) is 16.0. The van der Waals surface area contributed by atoms with E-state index >= 15 is 0 Å². The van der Waals surface area contributed by atoms with E-state index in [1.165, 1.54) is 13.5 Å². The Hall–Kier alpha value is -4.05. The quantitative estimate of drug-likeness (QED) is 0.489. The molecule has 33 heavy (non-hydrogen) atoms. The van der Waals surface area contributed by atoms with Crippen molar-refractivity contribution in [1.82, 2.24) is 4.98 Å². The molecule has 2 heterocycles. The minimum atomic E-state index is -0.856. The average Bonchev–Trinajstić information content (AvgIpc) is 3.52. The topological polar surface area (TPSA) is 138 Å². The first-order valence-electron chi connectivity index (χ1n) is 10.3. The number of carbonyl (C=O) groups is 2. The molecule has 1 fully saturated rings. The number of anilines is 2. The number of methoxy groups -OCH3 is 1. The average molecular weight is 452 g/mol. The van der Waals surface area contributed by atoms with Crippen LogP contribution in [0.2, 0.25) is 0 Å². The zero-order valence-corrected chi connectivity index (χ0v) is 17.9. The molecule has 10 heteroatoms. The number of benzene rings is 2. The van der Waals surface area contributed by atoms with Crippen LogP contribution in [0.4, 0.5) is 21.0 Å². The highest BCUT2D eigenvalue weighted by atomic mass is 16.6. The standard InChI is InChI=1S/C23H24N4O6/c1-30-19-10-17(5-6-18(19)20-11-25-13-32-20)27-23(29)26-16-4-2-3-14(9-16)21(33-22(24)28)15-7-8-31-12-15/h2-6,9-11,13,15,21H,7-8,12H2,1H3,(H2,24,28)(H2,26,27,29)/t15-,21?/m0/s1. The van der Waals surface area contributed by atoms with Crippen molar-refractivity contribution in [3.05, 3.63) is 60.6 Å². The molecule has 172 valence electrons. The fourth-order valence-electron chi connectivity index (χ4n) is 3.76. The third-order valence-corrected chi connectivity index (χ3v) is 5.27. The molecule has 0 aliphatic carbocycles. The lowest BCUT2D eigenvalue weighted by Crippen LogP contribution is -2.24. The van der Waals surface area contributed by atoms with E-state index < -0.39 is 18.2 Å². The van der Waals surface area contributed by atoms with E-state index in [4.69, 9.17) is 24.4 Å². The van der Waals surface area contributed by atoms with Crippen LogP contribution in [0.1, 0.15) is 18.1 Å². The number of aromatic nitrogens is 1. The summed E-state index contributed by atoms with van der Waals surface area (Å²) in [6.45, 7) is 1.07. The number of nitrogens with two attached hydrogens (primary N) is 1. The molecule has 1 saturated heterocycles. The lowest BCUT2D eigenvalue weighted by molar-refractivity contribution is 0.0606. The zero-order chi connectivity index (χ0) is 23.2. The maximum Gasteiger partial charge on any atom is 0.405 e. The van der Waals surface area contributed by atoms with Crippen LogP contribution in [-0.2, 0) is 9.47 Å². The molecule has 4 rings (SSSR count). The number of carbonyl (C=O) groups excluding carboxylic acids is 2. The first kappa shape index (κ1) is 22.2. The van der Waals surface area contributed by atoms with Crippen LogP contribution in [0.25, 0.3) is 11.3 Å². The van der Waals surface area contributed by atoms with Crippen molar-refractivity contribution in [3.63, 3.8) is 0 Å². The Bertz CT molecular complexity index is 1110. The molecule has 3 aromatic rings. The molecule has 1 aliphatic rings. The zero-order valence-electron chi connectivity index (χ0n) is 17.9. The number of ether oxygens (including phenoxy) is 3. The highest BCUT2D eigenvalue weighted by molar-refractivity contribution is 6.00. The Kier molecular flexibility index (Phi) is 6.75. The number of hydrogen-bond acceptors (Lipinski definition) is 7. The van der Waals surface area contributed by atoms with Crippen LogP contribution in [0.15, 0.2) is 59.5 Å². The summed E-state index contributed by atoms with van der Waals surface area (Å²) in [6, 6.07) is 11.8. The van der Waals surface area contributed by atoms with Crippen molar-refractivity contribution >= 4 is 23.5 Å². The molecule has 1 aromatic heterocycles. The number of primary amides is 1. The summed E-state index contributed by atoms with van der Waals surface area (Å²) in [7, 11) is 1.53. The lowest BCUT2D eigenvalue weighted by Gasteiger charge is -2.22. The summed E-state index contributed by atoms with van der Waals surface area (Å²) >= 11 is 0. The molecule has 0 spiro atoms. The highest BCUT2D eigenvalue weighted by Crippen LogP contribution is 2.34. The fraction of sp³-hybridized carbons (Fsp3) is 0.261. The van der Waals surface area contributed by atoms with Crippen molar-refractivity contribution in [2.24, 2.45) is 11.7 Å². The van der Waals surface area contributed by atoms with Gasteiger partial charge in [0.25, 0.3) is 0 Å². The van der Waals surface area contributed by atoms with Crippen molar-refractivity contribution in [2.45, 2.75) is 12.5 Å². The van der Waals surface area contributed by atoms with Gasteiger partial charge in [-0.1, -0.05) is 12.1 Å². The number of amides is 3. The van der Waals surface area contributed by atoms with Gasteiger partial charge < -0.3 is 35.0 Å². The molecule has 0 bridgehead atoms. The monoisotopic (exact) mass is 452 g/mol. The number of urea groups is 1. The third kappa shape index (κ3) is 5.42. The van der Waals surface area contributed by atoms with E-state index in [-0.39, 0.29) is 5.92 Å². The summed E-state index contributed by atoms with van der Waals surface area (Å²) in [6.07, 6.45) is 2.26. The normalized spacial score (nSPS) is 16.1. The van der Waals surface area contributed by atoms with E-state index in [2.05, 4.69) is 15.6 Å².